The SMILES string of the molecule is CC(C)(C)C(=O)/C=C(\O)C(C)(C)C.Fc1cc(F)c2ccc3c4ccnc5c4c(cc3c2c1)Sc1cc2ccccc2[c-]c1-5.[Ir]. The predicted molar refractivity (Wildman–Crippen MR) is 177 cm³/mol. The van der Waals surface area contributed by atoms with E-state index in [0.29, 0.717) is 10.8 Å². The van der Waals surface area contributed by atoms with Gasteiger partial charge in [-0.1, -0.05) is 82.8 Å². The molecule has 0 fully saturated rings. The smallest absolute Gasteiger partial charge is 0.164 e. The van der Waals surface area contributed by atoms with Gasteiger partial charge < -0.3 is 5.11 Å². The Morgan fingerprint density at radius 1 is 0.822 bits per heavy atom. The summed E-state index contributed by atoms with van der Waals surface area (Å²) in [7, 11) is 0. The molecule has 7 heteroatoms. The van der Waals surface area contributed by atoms with E-state index in [2.05, 4.69) is 24.3 Å². The molecule has 0 bridgehead atoms. The molecule has 1 aliphatic rings. The quantitative estimate of drug-likeness (QED) is 0.0778. The number of aliphatic hydroxyl groups is 1. The van der Waals surface area contributed by atoms with Gasteiger partial charge in [0, 0.05) is 65.3 Å². The number of halogens is 2. The molecule has 0 saturated carbocycles. The van der Waals surface area contributed by atoms with E-state index in [1.807, 2.05) is 71.9 Å². The minimum Gasteiger partial charge on any atom is -0.512 e. The van der Waals surface area contributed by atoms with Crippen molar-refractivity contribution in [3.8, 4) is 11.3 Å². The molecule has 0 unspecified atom stereocenters. The number of ketones is 1. The number of hydrogen-bond donors (Lipinski definition) is 1. The van der Waals surface area contributed by atoms with Crippen molar-refractivity contribution >= 4 is 60.6 Å². The number of benzene rings is 5. The first kappa shape index (κ1) is 32.7. The molecule has 0 spiro atoms. The van der Waals surface area contributed by atoms with E-state index >= 15 is 0 Å². The number of hydrogen-bond acceptors (Lipinski definition) is 4. The van der Waals surface area contributed by atoms with Gasteiger partial charge in [-0.2, -0.15) is 0 Å². The van der Waals surface area contributed by atoms with Gasteiger partial charge in [0.15, 0.2) is 5.78 Å². The number of pyridine rings is 1. The Morgan fingerprint density at radius 2 is 1.51 bits per heavy atom. The second-order valence-corrected chi connectivity index (χ2v) is 14.3. The molecule has 1 aromatic heterocycles. The van der Waals surface area contributed by atoms with Crippen molar-refractivity contribution in [3.63, 3.8) is 0 Å². The monoisotopic (exact) mass is 797 g/mol. The Labute approximate surface area is 279 Å². The summed E-state index contributed by atoms with van der Waals surface area (Å²) in [5.41, 5.74) is 1.14. The molecule has 231 valence electrons. The third-order valence-electron chi connectivity index (χ3n) is 7.84. The van der Waals surface area contributed by atoms with Crippen LogP contribution in [0.1, 0.15) is 41.5 Å². The fourth-order valence-corrected chi connectivity index (χ4v) is 6.41. The van der Waals surface area contributed by atoms with Crippen LogP contribution in [0.3, 0.4) is 0 Å². The van der Waals surface area contributed by atoms with Gasteiger partial charge in [-0.15, -0.1) is 35.3 Å². The summed E-state index contributed by atoms with van der Waals surface area (Å²) < 4.78 is 28.5. The minimum absolute atomic E-state index is 0. The Kier molecular flexibility index (Phi) is 8.69. The fourth-order valence-electron chi connectivity index (χ4n) is 5.26. The van der Waals surface area contributed by atoms with Crippen molar-refractivity contribution < 1.29 is 38.8 Å². The standard InChI is InChI=1S/C27H12F2NS.C11H20O2.Ir/c28-16-11-20-18(23(29)12-16)6-5-17-19-7-8-30-27-22-9-14-3-1-2-4-15(14)10-24(22)31-25(26(19)27)13-21(17)20;1-10(2,3)8(12)7-9(13)11(4,5)6;/h1-8,10-13H;7,12H,1-6H3;/q-1;;/b;8-7-;. The molecule has 2 heterocycles. The van der Waals surface area contributed by atoms with Gasteiger partial charge in [-0.25, -0.2) is 8.78 Å². The molecule has 1 radical (unpaired) electrons. The number of aromatic nitrogens is 1. The van der Waals surface area contributed by atoms with Gasteiger partial charge >= 0.3 is 0 Å². The first-order valence-corrected chi connectivity index (χ1v) is 15.3. The molecule has 0 aliphatic carbocycles. The Balaban J connectivity index is 0.000000246. The number of allylic oxidation sites excluding steroid dienone is 2. The third kappa shape index (κ3) is 6.14. The second-order valence-electron chi connectivity index (χ2n) is 13.2. The molecule has 0 saturated heterocycles. The zero-order valence-electron chi connectivity index (χ0n) is 25.8. The summed E-state index contributed by atoms with van der Waals surface area (Å²) in [5.74, 6) is -1.01. The van der Waals surface area contributed by atoms with E-state index < -0.39 is 17.0 Å². The van der Waals surface area contributed by atoms with Crippen LogP contribution in [-0.2, 0) is 24.9 Å². The number of carbonyl (C=O) groups is 1. The van der Waals surface area contributed by atoms with E-state index in [1.54, 1.807) is 24.0 Å². The van der Waals surface area contributed by atoms with Crippen LogP contribution in [-0.4, -0.2) is 15.9 Å². The summed E-state index contributed by atoms with van der Waals surface area (Å²) in [6.45, 7) is 11.1. The number of fused-ring (bicyclic) bond motifs is 7. The van der Waals surface area contributed by atoms with Gasteiger partial charge in [-0.05, 0) is 50.0 Å². The molecule has 1 aliphatic heterocycles. The number of rotatable bonds is 1. The van der Waals surface area contributed by atoms with Crippen LogP contribution in [0.2, 0.25) is 0 Å². The van der Waals surface area contributed by atoms with Crippen molar-refractivity contribution in [2.45, 2.75) is 51.3 Å². The van der Waals surface area contributed by atoms with Crippen LogP contribution in [0, 0.1) is 28.5 Å². The molecule has 3 nitrogen and oxygen atoms in total. The Hall–Kier alpha value is -3.64. The number of nitrogens with zero attached hydrogens (tertiary/aromatic N) is 1. The van der Waals surface area contributed by atoms with Crippen molar-refractivity contribution in [1.29, 1.82) is 0 Å². The van der Waals surface area contributed by atoms with Crippen LogP contribution in [0.25, 0.3) is 54.3 Å². The predicted octanol–water partition coefficient (Wildman–Crippen LogP) is 11.0. The van der Waals surface area contributed by atoms with Crippen LogP contribution in [0.15, 0.2) is 94.6 Å². The molecule has 45 heavy (non-hydrogen) atoms. The van der Waals surface area contributed by atoms with E-state index in [-0.39, 0.29) is 37.1 Å². The van der Waals surface area contributed by atoms with Crippen molar-refractivity contribution in [2.24, 2.45) is 10.8 Å². The molecule has 1 N–H and O–H groups in total. The topological polar surface area (TPSA) is 50.2 Å². The summed E-state index contributed by atoms with van der Waals surface area (Å²) in [6, 6.07) is 23.9. The maximum atomic E-state index is 14.4. The van der Waals surface area contributed by atoms with Crippen LogP contribution in [0.5, 0.6) is 0 Å². The molecule has 0 amide bonds. The Morgan fingerprint density at radius 3 is 2.22 bits per heavy atom. The van der Waals surface area contributed by atoms with E-state index in [0.717, 1.165) is 59.4 Å². The molecule has 7 rings (SSSR count). The molecular formula is C38H32F2IrNO2S-. The fraction of sp³-hybridized carbons (Fsp3) is 0.211. The van der Waals surface area contributed by atoms with Crippen LogP contribution >= 0.6 is 11.8 Å². The van der Waals surface area contributed by atoms with Gasteiger partial charge in [0.2, 0.25) is 0 Å². The summed E-state index contributed by atoms with van der Waals surface area (Å²) in [4.78, 5) is 18.3. The van der Waals surface area contributed by atoms with Gasteiger partial charge in [0.1, 0.15) is 17.4 Å². The van der Waals surface area contributed by atoms with Crippen LogP contribution in [0.4, 0.5) is 8.78 Å². The largest absolute Gasteiger partial charge is 0.512 e. The third-order valence-corrected chi connectivity index (χ3v) is 8.92. The normalized spacial score (nSPS) is 12.9. The van der Waals surface area contributed by atoms with Gasteiger partial charge in [-0.3, -0.25) is 9.78 Å². The minimum atomic E-state index is -0.569. The van der Waals surface area contributed by atoms with Gasteiger partial charge in [0.25, 0.3) is 0 Å². The maximum Gasteiger partial charge on any atom is 0.164 e. The van der Waals surface area contributed by atoms with Gasteiger partial charge in [0.05, 0.1) is 0 Å². The zero-order chi connectivity index (χ0) is 31.6. The molecular weight excluding hydrogens is 765 g/mol. The summed E-state index contributed by atoms with van der Waals surface area (Å²) >= 11 is 1.66. The van der Waals surface area contributed by atoms with E-state index in [9.17, 15) is 18.7 Å². The molecule has 6 aromatic rings. The average molecular weight is 797 g/mol. The first-order valence-electron chi connectivity index (χ1n) is 14.4. The summed E-state index contributed by atoms with van der Waals surface area (Å²) in [6.07, 6.45) is 3.14. The van der Waals surface area contributed by atoms with Crippen molar-refractivity contribution in [2.75, 3.05) is 0 Å². The summed E-state index contributed by atoms with van der Waals surface area (Å²) in [5, 5.41) is 16.7. The maximum absolute atomic E-state index is 14.4. The Bertz CT molecular complexity index is 2180. The first-order chi connectivity index (χ1) is 20.7. The zero-order valence-corrected chi connectivity index (χ0v) is 29.0. The number of aliphatic hydroxyl groups excluding tert-OH is 1. The van der Waals surface area contributed by atoms with Crippen molar-refractivity contribution in [1.82, 2.24) is 4.98 Å². The van der Waals surface area contributed by atoms with Crippen LogP contribution < -0.4 is 0 Å². The molecule has 5 aromatic carbocycles. The second kappa shape index (κ2) is 11.9. The van der Waals surface area contributed by atoms with E-state index in [1.165, 1.54) is 12.1 Å². The van der Waals surface area contributed by atoms with E-state index in [4.69, 9.17) is 4.98 Å². The average Bonchev–Trinajstić information content (AvgIpc) is 2.95. The van der Waals surface area contributed by atoms with Crippen molar-refractivity contribution in [3.05, 3.63) is 102 Å². The molecule has 0 atom stereocenters. The number of carbonyl (C=O) groups excluding carboxylic acids is 1.